The molecule has 2 heterocycles. The van der Waals surface area contributed by atoms with E-state index in [-0.39, 0.29) is 18.2 Å². The summed E-state index contributed by atoms with van der Waals surface area (Å²) in [6.07, 6.45) is 0.997. The molecule has 0 aliphatic carbocycles. The molecule has 3 aromatic rings. The Bertz CT molecular complexity index is 1180. The number of carbonyl (C=O) groups is 1. The number of carbonyl (C=O) groups excluding carboxylic acids is 1. The average Bonchev–Trinajstić information content (AvgIpc) is 3.19. The largest absolute Gasteiger partial charge is 0.497 e. The maximum Gasteiger partial charge on any atom is 0.248 e. The summed E-state index contributed by atoms with van der Waals surface area (Å²) in [4.78, 5) is 22.0. The highest BCUT2D eigenvalue weighted by Gasteiger charge is 2.34. The molecule has 4 rings (SSSR count). The van der Waals surface area contributed by atoms with Crippen molar-refractivity contribution in [3.63, 3.8) is 0 Å². The predicted molar refractivity (Wildman–Crippen MR) is 119 cm³/mol. The van der Waals surface area contributed by atoms with E-state index in [0.717, 1.165) is 0 Å². The Kier molecular flexibility index (Phi) is 6.77. The summed E-state index contributed by atoms with van der Waals surface area (Å²) in [5, 5.41) is 22.8. The van der Waals surface area contributed by atoms with E-state index in [1.165, 1.54) is 36.5 Å². The number of likely N-dealkylation sites (tertiary alicyclic amines) is 1. The first kappa shape index (κ1) is 23.0. The van der Waals surface area contributed by atoms with Crippen LogP contribution >= 0.6 is 11.6 Å². The molecule has 1 aromatic heterocycles. The molecule has 2 aromatic carbocycles. The van der Waals surface area contributed by atoms with Crippen LogP contribution in [0, 0.1) is 5.82 Å². The summed E-state index contributed by atoms with van der Waals surface area (Å²) >= 11 is 5.90. The number of benzene rings is 2. The van der Waals surface area contributed by atoms with E-state index in [1.807, 2.05) is 0 Å². The fourth-order valence-electron chi connectivity index (χ4n) is 3.80. The maximum atomic E-state index is 13.5. The van der Waals surface area contributed by atoms with Crippen LogP contribution in [0.1, 0.15) is 6.42 Å². The molecule has 3 N–H and O–H groups in total. The second-order valence-corrected chi connectivity index (χ2v) is 7.96. The molecule has 0 unspecified atom stereocenters. The number of amides is 1. The minimum atomic E-state index is -0.695. The molecule has 2 atom stereocenters. The Morgan fingerprint density at radius 1 is 1.33 bits per heavy atom. The van der Waals surface area contributed by atoms with Gasteiger partial charge in [0.1, 0.15) is 42.7 Å². The van der Waals surface area contributed by atoms with Gasteiger partial charge in [-0.15, -0.1) is 0 Å². The number of methoxy groups -OCH3 is 1. The van der Waals surface area contributed by atoms with E-state index in [2.05, 4.69) is 15.3 Å². The average molecular weight is 477 g/mol. The third-order valence-corrected chi connectivity index (χ3v) is 5.66. The summed E-state index contributed by atoms with van der Waals surface area (Å²) in [6, 6.07) is 7.17. The number of aliphatic hydroxyl groups is 2. The molecule has 174 valence electrons. The lowest BCUT2D eigenvalue weighted by Gasteiger charge is -2.24. The van der Waals surface area contributed by atoms with Gasteiger partial charge in [0.2, 0.25) is 5.91 Å². The Morgan fingerprint density at radius 3 is 2.88 bits per heavy atom. The van der Waals surface area contributed by atoms with Gasteiger partial charge in [0.25, 0.3) is 0 Å². The Labute approximate surface area is 193 Å². The van der Waals surface area contributed by atoms with Gasteiger partial charge in [-0.1, -0.05) is 11.6 Å². The summed E-state index contributed by atoms with van der Waals surface area (Å²) in [5.41, 5.74) is 1.05. The first-order chi connectivity index (χ1) is 15.9. The number of anilines is 2. The molecule has 33 heavy (non-hydrogen) atoms. The van der Waals surface area contributed by atoms with Crippen LogP contribution in [0.2, 0.25) is 5.02 Å². The molecule has 1 aliphatic heterocycles. The first-order valence-corrected chi connectivity index (χ1v) is 10.5. The molecule has 1 saturated heterocycles. The summed E-state index contributed by atoms with van der Waals surface area (Å²) in [7, 11) is 1.51. The zero-order chi connectivity index (χ0) is 23.5. The van der Waals surface area contributed by atoms with E-state index in [1.54, 1.807) is 12.1 Å². The smallest absolute Gasteiger partial charge is 0.248 e. The zero-order valence-electron chi connectivity index (χ0n) is 17.7. The second kappa shape index (κ2) is 9.74. The van der Waals surface area contributed by atoms with Crippen LogP contribution in [0.4, 0.5) is 15.9 Å². The fourth-order valence-corrected chi connectivity index (χ4v) is 3.98. The topological polar surface area (TPSA) is 117 Å². The van der Waals surface area contributed by atoms with E-state index in [9.17, 15) is 19.4 Å². The van der Waals surface area contributed by atoms with Crippen molar-refractivity contribution < 1.29 is 28.9 Å². The van der Waals surface area contributed by atoms with Crippen LogP contribution in [0.25, 0.3) is 10.9 Å². The highest BCUT2D eigenvalue weighted by molar-refractivity contribution is 6.31. The molecule has 0 radical (unpaired) electrons. The van der Waals surface area contributed by atoms with Crippen LogP contribution in [0.3, 0.4) is 0 Å². The number of aromatic nitrogens is 2. The van der Waals surface area contributed by atoms with Crippen molar-refractivity contribution in [1.29, 1.82) is 0 Å². The Balaban J connectivity index is 1.67. The van der Waals surface area contributed by atoms with Gasteiger partial charge in [0, 0.05) is 24.4 Å². The molecule has 1 fully saturated rings. The lowest BCUT2D eigenvalue weighted by Crippen LogP contribution is -2.40. The van der Waals surface area contributed by atoms with E-state index in [0.29, 0.717) is 40.3 Å². The number of rotatable bonds is 7. The number of ether oxygens (including phenoxy) is 2. The number of fused-ring (bicyclic) bond motifs is 1. The maximum absolute atomic E-state index is 13.5. The van der Waals surface area contributed by atoms with Gasteiger partial charge in [-0.2, -0.15) is 0 Å². The van der Waals surface area contributed by atoms with Crippen molar-refractivity contribution in [2.45, 2.75) is 18.6 Å². The number of nitrogens with one attached hydrogen (secondary N) is 1. The van der Waals surface area contributed by atoms with Gasteiger partial charge in [0.15, 0.2) is 0 Å². The summed E-state index contributed by atoms with van der Waals surface area (Å²) in [5.74, 6) is 0.272. The first-order valence-electron chi connectivity index (χ1n) is 10.2. The van der Waals surface area contributed by atoms with Crippen molar-refractivity contribution in [2.24, 2.45) is 0 Å². The molecule has 9 nitrogen and oxygen atoms in total. The number of β-amino-alcohol motifs (C(OH)–C–C–N with tert-alkyl or cyclic N) is 1. The molecule has 1 aliphatic rings. The number of halogens is 2. The van der Waals surface area contributed by atoms with Gasteiger partial charge in [0.05, 0.1) is 35.2 Å². The standard InChI is InChI=1S/C22H22ClFN4O5/c1-32-15-6-18-21(22(26-11-25-18)27-12-2-3-17(24)16(23)4-12)19(7-15)33-10-13-5-14(30)8-28(13)20(31)9-29/h2-4,6-7,11,13-14,29-30H,5,8-10H2,1H3,(H,25,26,27)/t13-,14-/m0/s1. The van der Waals surface area contributed by atoms with Crippen LogP contribution in [-0.4, -0.2) is 70.0 Å². The van der Waals surface area contributed by atoms with Gasteiger partial charge in [-0.25, -0.2) is 14.4 Å². The molecular formula is C22H22ClFN4O5. The third kappa shape index (κ3) is 4.92. The van der Waals surface area contributed by atoms with Crippen LogP contribution in [0.15, 0.2) is 36.7 Å². The molecule has 11 heteroatoms. The molecule has 1 amide bonds. The Hall–Kier alpha value is -3.21. The summed E-state index contributed by atoms with van der Waals surface area (Å²) in [6.45, 7) is -0.442. The minimum absolute atomic E-state index is 0.0371. The van der Waals surface area contributed by atoms with E-state index >= 15 is 0 Å². The second-order valence-electron chi connectivity index (χ2n) is 7.55. The SMILES string of the molecule is COc1cc(OC[C@@H]2C[C@H](O)CN2C(=O)CO)c2c(Nc3ccc(F)c(Cl)c3)ncnc2c1. The van der Waals surface area contributed by atoms with Gasteiger partial charge in [-0.05, 0) is 24.6 Å². The van der Waals surface area contributed by atoms with Crippen LogP contribution < -0.4 is 14.8 Å². The van der Waals surface area contributed by atoms with Crippen LogP contribution in [0.5, 0.6) is 11.5 Å². The Morgan fingerprint density at radius 2 is 2.15 bits per heavy atom. The lowest BCUT2D eigenvalue weighted by molar-refractivity contribution is -0.135. The normalized spacial score (nSPS) is 17.9. The van der Waals surface area contributed by atoms with Crippen LogP contribution in [-0.2, 0) is 4.79 Å². The summed E-state index contributed by atoms with van der Waals surface area (Å²) < 4.78 is 25.0. The predicted octanol–water partition coefficient (Wildman–Crippen LogP) is 2.51. The fraction of sp³-hybridized carbons (Fsp3) is 0.318. The highest BCUT2D eigenvalue weighted by Crippen LogP contribution is 2.36. The minimum Gasteiger partial charge on any atom is -0.497 e. The molecular weight excluding hydrogens is 455 g/mol. The van der Waals surface area contributed by atoms with Gasteiger partial charge in [-0.3, -0.25) is 4.79 Å². The highest BCUT2D eigenvalue weighted by atomic mass is 35.5. The van der Waals surface area contributed by atoms with Crippen molar-refractivity contribution in [3.8, 4) is 11.5 Å². The zero-order valence-corrected chi connectivity index (χ0v) is 18.4. The van der Waals surface area contributed by atoms with Crippen molar-refractivity contribution in [1.82, 2.24) is 14.9 Å². The van der Waals surface area contributed by atoms with E-state index in [4.69, 9.17) is 21.1 Å². The molecule has 0 bridgehead atoms. The van der Waals surface area contributed by atoms with E-state index < -0.39 is 30.5 Å². The number of aliphatic hydroxyl groups excluding tert-OH is 2. The molecule has 0 saturated carbocycles. The lowest BCUT2D eigenvalue weighted by atomic mass is 10.1. The number of hydrogen-bond acceptors (Lipinski definition) is 8. The molecule has 0 spiro atoms. The number of hydrogen-bond donors (Lipinski definition) is 3. The van der Waals surface area contributed by atoms with Crippen molar-refractivity contribution >= 4 is 39.9 Å². The van der Waals surface area contributed by atoms with Crippen molar-refractivity contribution in [3.05, 3.63) is 47.5 Å². The van der Waals surface area contributed by atoms with Gasteiger partial charge < -0.3 is 29.9 Å². The third-order valence-electron chi connectivity index (χ3n) is 5.37. The monoisotopic (exact) mass is 476 g/mol. The number of nitrogens with zero attached hydrogens (tertiary/aromatic N) is 3. The van der Waals surface area contributed by atoms with Gasteiger partial charge >= 0.3 is 0 Å². The van der Waals surface area contributed by atoms with Crippen molar-refractivity contribution in [2.75, 3.05) is 32.2 Å². The quantitative estimate of drug-likeness (QED) is 0.476.